The Balaban J connectivity index is 1.59. The molecule has 2 heteroatoms. The van der Waals surface area contributed by atoms with Crippen LogP contribution >= 0.6 is 0 Å². The molecule has 5 aliphatic heterocycles. The summed E-state index contributed by atoms with van der Waals surface area (Å²) in [4.78, 5) is 2.79. The minimum absolute atomic E-state index is 0.780. The van der Waals surface area contributed by atoms with Gasteiger partial charge in [0.1, 0.15) is 0 Å². The van der Waals surface area contributed by atoms with Crippen molar-refractivity contribution in [1.82, 2.24) is 10.2 Å². The third-order valence-electron chi connectivity index (χ3n) is 4.96. The standard InChI is InChI=1S/C15H20N2/c1-2-4-11(5-3-1)10-17-14-8-6-12-15(17)9-7-13(14)16-12/h1-5,12-16H,6-10H2/t12-,13?,14?,15?/m0/s1. The Hall–Kier alpha value is -0.860. The van der Waals surface area contributed by atoms with Gasteiger partial charge in [0.25, 0.3) is 0 Å². The molecule has 90 valence electrons. The molecule has 1 aromatic rings. The SMILES string of the molecule is c1ccc(CN2C3CC[C@@H]4NC3CCC42)cc1. The summed E-state index contributed by atoms with van der Waals surface area (Å²) in [5, 5.41) is 3.83. The van der Waals surface area contributed by atoms with Crippen molar-refractivity contribution >= 4 is 0 Å². The largest absolute Gasteiger partial charge is 0.308 e. The van der Waals surface area contributed by atoms with Gasteiger partial charge in [-0.15, -0.1) is 0 Å². The van der Waals surface area contributed by atoms with E-state index in [9.17, 15) is 0 Å². The minimum atomic E-state index is 0.780. The van der Waals surface area contributed by atoms with Crippen LogP contribution in [-0.2, 0) is 6.54 Å². The summed E-state index contributed by atoms with van der Waals surface area (Å²) in [6.45, 7) is 1.16. The number of piperazine rings is 1. The van der Waals surface area contributed by atoms with Crippen molar-refractivity contribution in [1.29, 1.82) is 0 Å². The Morgan fingerprint density at radius 2 is 1.59 bits per heavy atom. The van der Waals surface area contributed by atoms with E-state index in [0.29, 0.717) is 0 Å². The molecule has 4 bridgehead atoms. The lowest BCUT2D eigenvalue weighted by molar-refractivity contribution is -0.0631. The van der Waals surface area contributed by atoms with E-state index in [-0.39, 0.29) is 0 Å². The summed E-state index contributed by atoms with van der Waals surface area (Å²) in [5.74, 6) is 0. The predicted molar refractivity (Wildman–Crippen MR) is 68.7 cm³/mol. The lowest BCUT2D eigenvalue weighted by atomic mass is 9.73. The van der Waals surface area contributed by atoms with Crippen LogP contribution < -0.4 is 5.32 Å². The zero-order chi connectivity index (χ0) is 11.2. The van der Waals surface area contributed by atoms with Crippen LogP contribution in [0, 0.1) is 0 Å². The van der Waals surface area contributed by atoms with E-state index < -0.39 is 0 Å². The average Bonchev–Trinajstić information content (AvgIpc) is 2.40. The fourth-order valence-corrected chi connectivity index (χ4v) is 4.22. The van der Waals surface area contributed by atoms with Gasteiger partial charge in [0, 0.05) is 30.7 Å². The van der Waals surface area contributed by atoms with E-state index in [4.69, 9.17) is 0 Å². The van der Waals surface area contributed by atoms with Crippen molar-refractivity contribution in [2.24, 2.45) is 0 Å². The molecule has 1 aromatic carbocycles. The number of nitrogens with zero attached hydrogens (tertiary/aromatic N) is 1. The Labute approximate surface area is 103 Å². The lowest BCUT2D eigenvalue weighted by Crippen LogP contribution is -2.73. The van der Waals surface area contributed by atoms with Gasteiger partial charge in [-0.05, 0) is 31.2 Å². The molecule has 5 aliphatic rings. The second-order valence-corrected chi connectivity index (χ2v) is 5.83. The van der Waals surface area contributed by atoms with Crippen LogP contribution in [0.4, 0.5) is 0 Å². The summed E-state index contributed by atoms with van der Waals surface area (Å²) in [7, 11) is 0. The van der Waals surface area contributed by atoms with Crippen LogP contribution in [0.15, 0.2) is 30.3 Å². The lowest BCUT2D eigenvalue weighted by Gasteiger charge is -2.60. The van der Waals surface area contributed by atoms with Crippen molar-refractivity contribution < 1.29 is 0 Å². The number of hydrogen-bond acceptors (Lipinski definition) is 2. The van der Waals surface area contributed by atoms with E-state index in [1.54, 1.807) is 0 Å². The van der Waals surface area contributed by atoms with Gasteiger partial charge in [0.15, 0.2) is 0 Å². The number of benzene rings is 1. The minimum Gasteiger partial charge on any atom is -0.308 e. The molecule has 17 heavy (non-hydrogen) atoms. The molecular formula is C15H20N2. The van der Waals surface area contributed by atoms with Crippen molar-refractivity contribution in [3.63, 3.8) is 0 Å². The Bertz CT molecular complexity index is 385. The number of rotatable bonds is 2. The monoisotopic (exact) mass is 228 g/mol. The van der Waals surface area contributed by atoms with Gasteiger partial charge >= 0.3 is 0 Å². The first-order valence-corrected chi connectivity index (χ1v) is 6.97. The summed E-state index contributed by atoms with van der Waals surface area (Å²) < 4.78 is 0. The summed E-state index contributed by atoms with van der Waals surface area (Å²) in [6.07, 6.45) is 5.62. The van der Waals surface area contributed by atoms with Gasteiger partial charge in [-0.1, -0.05) is 30.3 Å². The van der Waals surface area contributed by atoms with E-state index >= 15 is 0 Å². The molecule has 0 radical (unpaired) electrons. The van der Waals surface area contributed by atoms with Crippen molar-refractivity contribution in [2.45, 2.75) is 56.4 Å². The summed E-state index contributed by atoms with van der Waals surface area (Å²) in [6, 6.07) is 14.1. The van der Waals surface area contributed by atoms with Gasteiger partial charge in [0.05, 0.1) is 0 Å². The maximum Gasteiger partial charge on any atom is 0.0257 e. The van der Waals surface area contributed by atoms with Crippen LogP contribution in [0.3, 0.4) is 0 Å². The van der Waals surface area contributed by atoms with Gasteiger partial charge in [-0.2, -0.15) is 0 Å². The van der Waals surface area contributed by atoms with E-state index in [0.717, 1.165) is 30.7 Å². The molecule has 5 saturated heterocycles. The molecule has 0 aromatic heterocycles. The highest BCUT2D eigenvalue weighted by atomic mass is 15.3. The zero-order valence-corrected chi connectivity index (χ0v) is 10.2. The highest BCUT2D eigenvalue weighted by molar-refractivity contribution is 5.17. The predicted octanol–water partition coefficient (Wildman–Crippen LogP) is 2.15. The quantitative estimate of drug-likeness (QED) is 0.834. The number of fused-ring (bicyclic) bond motifs is 2. The summed E-state index contributed by atoms with van der Waals surface area (Å²) in [5.41, 5.74) is 1.48. The molecule has 2 nitrogen and oxygen atoms in total. The molecule has 1 N–H and O–H groups in total. The van der Waals surface area contributed by atoms with Crippen LogP contribution in [-0.4, -0.2) is 29.1 Å². The van der Waals surface area contributed by atoms with Gasteiger partial charge in [-0.3, -0.25) is 4.90 Å². The second-order valence-electron chi connectivity index (χ2n) is 5.83. The van der Waals surface area contributed by atoms with Gasteiger partial charge < -0.3 is 5.32 Å². The number of piperidine rings is 4. The molecule has 0 saturated carbocycles. The van der Waals surface area contributed by atoms with Crippen molar-refractivity contribution in [3.05, 3.63) is 35.9 Å². The highest BCUT2D eigenvalue weighted by Gasteiger charge is 2.49. The van der Waals surface area contributed by atoms with Gasteiger partial charge in [-0.25, -0.2) is 0 Å². The molecule has 0 spiro atoms. The molecule has 4 atom stereocenters. The first kappa shape index (κ1) is 10.1. The molecule has 5 heterocycles. The molecule has 0 amide bonds. The van der Waals surface area contributed by atoms with Gasteiger partial charge in [0.2, 0.25) is 0 Å². The Morgan fingerprint density at radius 1 is 0.941 bits per heavy atom. The number of hydrogen-bond donors (Lipinski definition) is 1. The summed E-state index contributed by atoms with van der Waals surface area (Å²) >= 11 is 0. The normalized spacial score (nSPS) is 39.8. The smallest absolute Gasteiger partial charge is 0.0257 e. The zero-order valence-electron chi connectivity index (χ0n) is 10.2. The van der Waals surface area contributed by atoms with Crippen LogP contribution in [0.25, 0.3) is 0 Å². The Morgan fingerprint density at radius 3 is 2.24 bits per heavy atom. The third-order valence-corrected chi connectivity index (χ3v) is 4.96. The van der Waals surface area contributed by atoms with Crippen molar-refractivity contribution in [2.75, 3.05) is 0 Å². The van der Waals surface area contributed by atoms with Crippen LogP contribution in [0.2, 0.25) is 0 Å². The van der Waals surface area contributed by atoms with E-state index in [1.807, 2.05) is 0 Å². The molecule has 3 unspecified atom stereocenters. The fourth-order valence-electron chi connectivity index (χ4n) is 4.22. The maximum absolute atomic E-state index is 3.83. The third kappa shape index (κ3) is 1.54. The van der Waals surface area contributed by atoms with Crippen LogP contribution in [0.5, 0.6) is 0 Å². The molecule has 6 rings (SSSR count). The first-order chi connectivity index (χ1) is 8.42. The topological polar surface area (TPSA) is 15.3 Å². The molecule has 0 aliphatic carbocycles. The average molecular weight is 228 g/mol. The molecular weight excluding hydrogens is 208 g/mol. The second kappa shape index (κ2) is 3.82. The first-order valence-electron chi connectivity index (χ1n) is 6.97. The van der Waals surface area contributed by atoms with E-state index in [2.05, 4.69) is 40.5 Å². The number of nitrogens with one attached hydrogen (secondary N) is 1. The fraction of sp³-hybridized carbons (Fsp3) is 0.600. The Kier molecular flexibility index (Phi) is 2.27. The van der Waals surface area contributed by atoms with E-state index in [1.165, 1.54) is 31.2 Å². The maximum atomic E-state index is 3.83. The van der Waals surface area contributed by atoms with Crippen molar-refractivity contribution in [3.8, 4) is 0 Å². The highest BCUT2D eigenvalue weighted by Crippen LogP contribution is 2.40. The molecule has 5 fully saturated rings. The van der Waals surface area contributed by atoms with Crippen LogP contribution in [0.1, 0.15) is 31.2 Å².